The van der Waals surface area contributed by atoms with E-state index in [4.69, 9.17) is 4.74 Å². The van der Waals surface area contributed by atoms with Gasteiger partial charge in [0.05, 0.1) is 12.2 Å². The van der Waals surface area contributed by atoms with E-state index in [1.165, 1.54) is 0 Å². The first-order valence-electron chi connectivity index (χ1n) is 9.40. The molecule has 2 N–H and O–H groups in total. The molecular weight excluding hydrogens is 292 g/mol. The number of hydrogen-bond donors (Lipinski definition) is 2. The van der Waals surface area contributed by atoms with Crippen molar-refractivity contribution in [1.29, 1.82) is 0 Å². The Kier molecular flexibility index (Phi) is 3.59. The number of carbonyl (C=O) groups excluding carboxylic acids is 1. The summed E-state index contributed by atoms with van der Waals surface area (Å²) in [6.45, 7) is 4.51. The van der Waals surface area contributed by atoms with Crippen LogP contribution in [-0.2, 0) is 9.53 Å². The molecule has 0 aromatic heterocycles. The largest absolute Gasteiger partial charge is 0.462 e. The topological polar surface area (TPSA) is 66.8 Å². The van der Waals surface area contributed by atoms with Crippen LogP contribution in [0.4, 0.5) is 0 Å². The minimum absolute atomic E-state index is 0.00900. The highest BCUT2D eigenvalue weighted by molar-refractivity contribution is 5.70. The van der Waals surface area contributed by atoms with E-state index in [9.17, 15) is 15.0 Å². The number of carbonyl (C=O) groups is 1. The van der Waals surface area contributed by atoms with E-state index in [1.54, 1.807) is 0 Å². The van der Waals surface area contributed by atoms with Gasteiger partial charge >= 0.3 is 5.97 Å². The second kappa shape index (κ2) is 5.19. The van der Waals surface area contributed by atoms with Crippen molar-refractivity contribution in [2.45, 2.75) is 83.5 Å². The van der Waals surface area contributed by atoms with Gasteiger partial charge in [0.1, 0.15) is 6.10 Å². The zero-order valence-electron chi connectivity index (χ0n) is 14.3. The molecule has 23 heavy (non-hydrogen) atoms. The summed E-state index contributed by atoms with van der Waals surface area (Å²) in [5, 5.41) is 20.5. The van der Waals surface area contributed by atoms with Crippen LogP contribution in [0.25, 0.3) is 0 Å². The molecule has 1 aliphatic heterocycles. The first kappa shape index (κ1) is 15.9. The lowest BCUT2D eigenvalue weighted by atomic mass is 9.51. The molecule has 8 atom stereocenters. The molecule has 0 spiro atoms. The third kappa shape index (κ3) is 2.21. The van der Waals surface area contributed by atoms with Crippen LogP contribution in [-0.4, -0.2) is 34.5 Å². The molecule has 0 aromatic carbocycles. The minimum Gasteiger partial charge on any atom is -0.462 e. The van der Waals surface area contributed by atoms with Crippen LogP contribution in [0, 0.1) is 28.6 Å². The molecule has 0 aromatic rings. The van der Waals surface area contributed by atoms with Gasteiger partial charge in [-0.2, -0.15) is 0 Å². The molecule has 0 amide bonds. The van der Waals surface area contributed by atoms with Crippen LogP contribution in [0.3, 0.4) is 0 Å². The SMILES string of the molecule is C[C@]12CC[C@H]3[C@@H](CC(=O)OC4C[C@@H](O)CC[C@@]43C)[C@@H]1CC[C@@H]2O. The third-order valence-electron chi connectivity index (χ3n) is 8.15. The first-order valence-corrected chi connectivity index (χ1v) is 9.40. The first-order chi connectivity index (χ1) is 10.8. The van der Waals surface area contributed by atoms with Crippen molar-refractivity contribution in [2.24, 2.45) is 28.6 Å². The van der Waals surface area contributed by atoms with Crippen LogP contribution >= 0.6 is 0 Å². The van der Waals surface area contributed by atoms with E-state index in [-0.39, 0.29) is 35.1 Å². The van der Waals surface area contributed by atoms with Gasteiger partial charge in [0.2, 0.25) is 0 Å². The quantitative estimate of drug-likeness (QED) is 0.673. The average molecular weight is 322 g/mol. The van der Waals surface area contributed by atoms with Gasteiger partial charge in [-0.1, -0.05) is 13.8 Å². The highest BCUT2D eigenvalue weighted by Gasteiger charge is 2.60. The predicted octanol–water partition coefficient (Wildman–Crippen LogP) is 2.66. The molecule has 4 heteroatoms. The van der Waals surface area contributed by atoms with Crippen LogP contribution in [0.2, 0.25) is 0 Å². The van der Waals surface area contributed by atoms with Crippen LogP contribution in [0.1, 0.15) is 65.2 Å². The second-order valence-electron chi connectivity index (χ2n) is 9.13. The summed E-state index contributed by atoms with van der Waals surface area (Å²) in [6.07, 6.45) is 6.21. The Bertz CT molecular complexity index is 506. The van der Waals surface area contributed by atoms with Gasteiger partial charge < -0.3 is 14.9 Å². The van der Waals surface area contributed by atoms with E-state index < -0.39 is 0 Å². The minimum atomic E-state index is -0.334. The number of aliphatic hydroxyl groups excluding tert-OH is 2. The summed E-state index contributed by atoms with van der Waals surface area (Å²) in [5.74, 6) is 1.16. The maximum Gasteiger partial charge on any atom is 0.306 e. The number of rotatable bonds is 0. The maximum atomic E-state index is 12.4. The van der Waals surface area contributed by atoms with Crippen molar-refractivity contribution in [1.82, 2.24) is 0 Å². The van der Waals surface area contributed by atoms with Gasteiger partial charge in [0.25, 0.3) is 0 Å². The Morgan fingerprint density at radius 2 is 1.70 bits per heavy atom. The maximum absolute atomic E-state index is 12.4. The summed E-state index contributed by atoms with van der Waals surface area (Å²) >= 11 is 0. The molecule has 1 heterocycles. The Balaban J connectivity index is 1.70. The molecule has 4 rings (SSSR count). The standard InChI is InChI=1S/C19H30O4/c1-18-8-6-14-12(13(18)3-4-15(18)21)10-17(22)23-16-9-11(20)5-7-19(14,16)2/h11-16,20-21H,3-10H2,1-2H3/t11-,12-,13-,14-,15-,16?,18-,19+/m0/s1. The Morgan fingerprint density at radius 3 is 2.48 bits per heavy atom. The van der Waals surface area contributed by atoms with Crippen LogP contribution in [0.15, 0.2) is 0 Å². The summed E-state index contributed by atoms with van der Waals surface area (Å²) < 4.78 is 5.83. The zero-order valence-corrected chi connectivity index (χ0v) is 14.3. The lowest BCUT2D eigenvalue weighted by molar-refractivity contribution is -0.162. The van der Waals surface area contributed by atoms with Gasteiger partial charge in [0, 0.05) is 18.3 Å². The monoisotopic (exact) mass is 322 g/mol. The molecule has 1 saturated heterocycles. The summed E-state index contributed by atoms with van der Waals surface area (Å²) in [4.78, 5) is 12.4. The van der Waals surface area contributed by atoms with Gasteiger partial charge in [-0.25, -0.2) is 0 Å². The smallest absolute Gasteiger partial charge is 0.306 e. The molecular formula is C19H30O4. The highest BCUT2D eigenvalue weighted by Crippen LogP contribution is 2.63. The molecule has 4 nitrogen and oxygen atoms in total. The van der Waals surface area contributed by atoms with E-state index in [1.807, 2.05) is 0 Å². The molecule has 0 bridgehead atoms. The molecule has 4 aliphatic rings. The van der Waals surface area contributed by atoms with E-state index in [2.05, 4.69) is 13.8 Å². The number of ether oxygens (including phenoxy) is 1. The summed E-state index contributed by atoms with van der Waals surface area (Å²) in [5.41, 5.74) is -0.0310. The van der Waals surface area contributed by atoms with E-state index >= 15 is 0 Å². The fourth-order valence-electron chi connectivity index (χ4n) is 6.64. The second-order valence-corrected chi connectivity index (χ2v) is 9.13. The highest BCUT2D eigenvalue weighted by atomic mass is 16.5. The summed E-state index contributed by atoms with van der Waals surface area (Å²) in [6, 6.07) is 0. The molecule has 3 saturated carbocycles. The Labute approximate surface area is 138 Å². The van der Waals surface area contributed by atoms with Crippen molar-refractivity contribution in [2.75, 3.05) is 0 Å². The van der Waals surface area contributed by atoms with Crippen LogP contribution < -0.4 is 0 Å². The predicted molar refractivity (Wildman–Crippen MR) is 85.5 cm³/mol. The average Bonchev–Trinajstić information content (AvgIpc) is 2.73. The van der Waals surface area contributed by atoms with Crippen molar-refractivity contribution in [3.05, 3.63) is 0 Å². The molecule has 1 unspecified atom stereocenters. The van der Waals surface area contributed by atoms with E-state index in [0.717, 1.165) is 38.5 Å². The van der Waals surface area contributed by atoms with Crippen molar-refractivity contribution >= 4 is 5.97 Å². The lowest BCUT2D eigenvalue weighted by Gasteiger charge is -2.54. The van der Waals surface area contributed by atoms with Gasteiger partial charge in [-0.15, -0.1) is 0 Å². The molecule has 130 valence electrons. The van der Waals surface area contributed by atoms with E-state index in [0.29, 0.717) is 30.6 Å². The third-order valence-corrected chi connectivity index (χ3v) is 8.15. The number of fused-ring (bicyclic) bond motifs is 5. The molecule has 4 fully saturated rings. The van der Waals surface area contributed by atoms with Crippen LogP contribution in [0.5, 0.6) is 0 Å². The van der Waals surface area contributed by atoms with Gasteiger partial charge in [-0.05, 0) is 61.7 Å². The summed E-state index contributed by atoms with van der Waals surface area (Å²) in [7, 11) is 0. The lowest BCUT2D eigenvalue weighted by Crippen LogP contribution is -2.52. The number of esters is 1. The fourth-order valence-corrected chi connectivity index (χ4v) is 6.64. The van der Waals surface area contributed by atoms with Crippen molar-refractivity contribution in [3.8, 4) is 0 Å². The molecule has 0 radical (unpaired) electrons. The Hall–Kier alpha value is -0.610. The normalized spacial score (nSPS) is 56.1. The van der Waals surface area contributed by atoms with Crippen molar-refractivity contribution in [3.63, 3.8) is 0 Å². The van der Waals surface area contributed by atoms with Crippen molar-refractivity contribution < 1.29 is 19.7 Å². The zero-order chi connectivity index (χ0) is 16.4. The molecule has 3 aliphatic carbocycles. The Morgan fingerprint density at radius 1 is 1.00 bits per heavy atom. The fraction of sp³-hybridized carbons (Fsp3) is 0.947. The number of hydrogen-bond acceptors (Lipinski definition) is 4. The number of aliphatic hydroxyl groups is 2. The van der Waals surface area contributed by atoms with Gasteiger partial charge in [-0.3, -0.25) is 4.79 Å². The van der Waals surface area contributed by atoms with Gasteiger partial charge in [0.15, 0.2) is 0 Å².